The number of hydrogen-bond donors (Lipinski definition) is 1. The smallest absolute Gasteiger partial charge is 0.264 e. The van der Waals surface area contributed by atoms with Gasteiger partial charge in [0.05, 0.1) is 17.5 Å². The van der Waals surface area contributed by atoms with E-state index in [1.165, 1.54) is 10.1 Å². The number of pyridine rings is 1. The van der Waals surface area contributed by atoms with Crippen LogP contribution in [0.25, 0.3) is 22.2 Å². The van der Waals surface area contributed by atoms with Gasteiger partial charge in [-0.15, -0.1) is 0 Å². The van der Waals surface area contributed by atoms with Gasteiger partial charge in [-0.3, -0.25) is 4.79 Å². The number of aryl methyl sites for hydroxylation is 2. The Bertz CT molecular complexity index is 926. The molecule has 0 aliphatic rings. The topological polar surface area (TPSA) is 59.8 Å². The SMILES string of the molecule is CCc1ccc(-c2cc3ncn(C)c(=O)c3c(NC(C)C)n2)cc1. The normalized spacial score (nSPS) is 11.2. The second-order valence-electron chi connectivity index (χ2n) is 6.26. The number of nitrogens with one attached hydrogen (secondary N) is 1. The number of nitrogens with zero attached hydrogens (tertiary/aromatic N) is 3. The molecule has 0 saturated carbocycles. The Hall–Kier alpha value is -2.69. The Morgan fingerprint density at radius 1 is 1.21 bits per heavy atom. The van der Waals surface area contributed by atoms with Gasteiger partial charge in [0.15, 0.2) is 0 Å². The molecule has 24 heavy (non-hydrogen) atoms. The van der Waals surface area contributed by atoms with Crippen molar-refractivity contribution in [3.63, 3.8) is 0 Å². The van der Waals surface area contributed by atoms with Crippen LogP contribution in [0, 0.1) is 0 Å². The van der Waals surface area contributed by atoms with Gasteiger partial charge >= 0.3 is 0 Å². The number of anilines is 1. The van der Waals surface area contributed by atoms with E-state index in [0.717, 1.165) is 17.7 Å². The van der Waals surface area contributed by atoms with Crippen molar-refractivity contribution in [3.8, 4) is 11.3 Å². The molecule has 2 heterocycles. The molecule has 0 aliphatic heterocycles. The maximum atomic E-state index is 12.5. The summed E-state index contributed by atoms with van der Waals surface area (Å²) in [7, 11) is 1.70. The number of rotatable bonds is 4. The summed E-state index contributed by atoms with van der Waals surface area (Å²) < 4.78 is 1.48. The van der Waals surface area contributed by atoms with Gasteiger partial charge in [-0.1, -0.05) is 31.2 Å². The molecule has 0 amide bonds. The Kier molecular flexibility index (Phi) is 4.34. The van der Waals surface area contributed by atoms with Crippen LogP contribution in [0.2, 0.25) is 0 Å². The average Bonchev–Trinajstić information content (AvgIpc) is 2.57. The van der Waals surface area contributed by atoms with Crippen LogP contribution in [0.5, 0.6) is 0 Å². The molecule has 3 aromatic rings. The Labute approximate surface area is 141 Å². The summed E-state index contributed by atoms with van der Waals surface area (Å²) in [6.07, 6.45) is 2.55. The van der Waals surface area contributed by atoms with Crippen molar-refractivity contribution >= 4 is 16.7 Å². The number of benzene rings is 1. The molecule has 0 bridgehead atoms. The van der Waals surface area contributed by atoms with E-state index in [4.69, 9.17) is 4.98 Å². The average molecular weight is 322 g/mol. The highest BCUT2D eigenvalue weighted by Crippen LogP contribution is 2.25. The van der Waals surface area contributed by atoms with Crippen LogP contribution in [-0.2, 0) is 13.5 Å². The zero-order chi connectivity index (χ0) is 17.3. The van der Waals surface area contributed by atoms with Crippen LogP contribution >= 0.6 is 0 Å². The molecule has 2 aromatic heterocycles. The van der Waals surface area contributed by atoms with Crippen molar-refractivity contribution < 1.29 is 0 Å². The van der Waals surface area contributed by atoms with Crippen molar-refractivity contribution in [3.05, 3.63) is 52.6 Å². The van der Waals surface area contributed by atoms with Gasteiger partial charge in [0.25, 0.3) is 5.56 Å². The largest absolute Gasteiger partial charge is 0.367 e. The highest BCUT2D eigenvalue weighted by Gasteiger charge is 2.13. The summed E-state index contributed by atoms with van der Waals surface area (Å²) in [5, 5.41) is 3.81. The predicted molar refractivity (Wildman–Crippen MR) is 98.4 cm³/mol. The molecule has 124 valence electrons. The summed E-state index contributed by atoms with van der Waals surface area (Å²) in [6, 6.07) is 10.4. The van der Waals surface area contributed by atoms with Crippen LogP contribution in [0.15, 0.2) is 41.5 Å². The summed E-state index contributed by atoms with van der Waals surface area (Å²) in [5.74, 6) is 0.589. The predicted octanol–water partition coefficient (Wildman–Crippen LogP) is 3.38. The van der Waals surface area contributed by atoms with E-state index in [0.29, 0.717) is 16.7 Å². The molecule has 0 saturated heterocycles. The van der Waals surface area contributed by atoms with Crippen molar-refractivity contribution in [2.24, 2.45) is 7.05 Å². The van der Waals surface area contributed by atoms with Crippen molar-refractivity contribution in [2.75, 3.05) is 5.32 Å². The van der Waals surface area contributed by atoms with E-state index in [1.54, 1.807) is 13.4 Å². The molecular formula is C19H22N4O. The fourth-order valence-corrected chi connectivity index (χ4v) is 2.66. The van der Waals surface area contributed by atoms with Gasteiger partial charge in [0, 0.05) is 18.7 Å². The highest BCUT2D eigenvalue weighted by atomic mass is 16.1. The third kappa shape index (κ3) is 3.02. The monoisotopic (exact) mass is 322 g/mol. The lowest BCUT2D eigenvalue weighted by Gasteiger charge is -2.14. The Morgan fingerprint density at radius 3 is 2.54 bits per heavy atom. The van der Waals surface area contributed by atoms with Gasteiger partial charge in [-0.25, -0.2) is 9.97 Å². The van der Waals surface area contributed by atoms with Crippen molar-refractivity contribution in [1.29, 1.82) is 0 Å². The molecule has 0 aliphatic carbocycles. The fraction of sp³-hybridized carbons (Fsp3) is 0.316. The van der Waals surface area contributed by atoms with E-state index < -0.39 is 0 Å². The minimum atomic E-state index is -0.0940. The summed E-state index contributed by atoms with van der Waals surface area (Å²) in [4.78, 5) is 21.6. The number of aromatic nitrogens is 3. The minimum absolute atomic E-state index is 0.0940. The highest BCUT2D eigenvalue weighted by molar-refractivity contribution is 5.91. The van der Waals surface area contributed by atoms with Crippen LogP contribution in [-0.4, -0.2) is 20.6 Å². The van der Waals surface area contributed by atoms with E-state index in [-0.39, 0.29) is 11.6 Å². The molecular weight excluding hydrogens is 300 g/mol. The first-order valence-corrected chi connectivity index (χ1v) is 8.21. The lowest BCUT2D eigenvalue weighted by atomic mass is 10.1. The minimum Gasteiger partial charge on any atom is -0.367 e. The van der Waals surface area contributed by atoms with Gasteiger partial charge in [0.1, 0.15) is 11.2 Å². The van der Waals surface area contributed by atoms with E-state index in [1.807, 2.05) is 19.9 Å². The maximum Gasteiger partial charge on any atom is 0.264 e. The van der Waals surface area contributed by atoms with Crippen LogP contribution in [0.1, 0.15) is 26.3 Å². The first kappa shape index (κ1) is 16.2. The van der Waals surface area contributed by atoms with Crippen LogP contribution < -0.4 is 10.9 Å². The lowest BCUT2D eigenvalue weighted by molar-refractivity contribution is 0.839. The zero-order valence-electron chi connectivity index (χ0n) is 14.5. The maximum absolute atomic E-state index is 12.5. The van der Waals surface area contributed by atoms with Gasteiger partial charge in [-0.05, 0) is 31.9 Å². The third-order valence-corrected chi connectivity index (χ3v) is 3.99. The molecule has 3 rings (SSSR count). The summed E-state index contributed by atoms with van der Waals surface area (Å²) >= 11 is 0. The molecule has 0 fully saturated rings. The fourth-order valence-electron chi connectivity index (χ4n) is 2.66. The van der Waals surface area contributed by atoms with Crippen molar-refractivity contribution in [2.45, 2.75) is 33.2 Å². The summed E-state index contributed by atoms with van der Waals surface area (Å²) in [6.45, 7) is 6.18. The molecule has 0 radical (unpaired) electrons. The second-order valence-corrected chi connectivity index (χ2v) is 6.26. The third-order valence-electron chi connectivity index (χ3n) is 3.99. The first-order valence-electron chi connectivity index (χ1n) is 8.21. The Balaban J connectivity index is 2.22. The Morgan fingerprint density at radius 2 is 1.92 bits per heavy atom. The molecule has 1 aromatic carbocycles. The van der Waals surface area contributed by atoms with E-state index in [2.05, 4.69) is 41.5 Å². The van der Waals surface area contributed by atoms with Crippen LogP contribution in [0.4, 0.5) is 5.82 Å². The van der Waals surface area contributed by atoms with E-state index >= 15 is 0 Å². The molecule has 0 spiro atoms. The van der Waals surface area contributed by atoms with E-state index in [9.17, 15) is 4.79 Å². The summed E-state index contributed by atoms with van der Waals surface area (Å²) in [5.41, 5.74) is 3.68. The zero-order valence-corrected chi connectivity index (χ0v) is 14.5. The van der Waals surface area contributed by atoms with Gasteiger partial charge in [0.2, 0.25) is 0 Å². The molecule has 5 nitrogen and oxygen atoms in total. The lowest BCUT2D eigenvalue weighted by Crippen LogP contribution is -2.21. The molecule has 0 atom stereocenters. The molecule has 0 unspecified atom stereocenters. The first-order chi connectivity index (χ1) is 11.5. The number of fused-ring (bicyclic) bond motifs is 1. The van der Waals surface area contributed by atoms with Crippen molar-refractivity contribution in [1.82, 2.24) is 14.5 Å². The van der Waals surface area contributed by atoms with Gasteiger partial charge in [-0.2, -0.15) is 0 Å². The quantitative estimate of drug-likeness (QED) is 0.800. The van der Waals surface area contributed by atoms with Crippen LogP contribution in [0.3, 0.4) is 0 Å². The van der Waals surface area contributed by atoms with Gasteiger partial charge < -0.3 is 9.88 Å². The standard InChI is InChI=1S/C19H22N4O/c1-5-13-6-8-14(9-7-13)15-10-16-17(18(22-15)21-12(2)3)19(24)23(4)11-20-16/h6-12H,5H2,1-4H3,(H,21,22). The molecule has 1 N–H and O–H groups in total. The molecule has 5 heteroatoms. The second kappa shape index (κ2) is 6.43. The number of hydrogen-bond acceptors (Lipinski definition) is 4.